The van der Waals surface area contributed by atoms with E-state index in [-0.39, 0.29) is 17.2 Å². The van der Waals surface area contributed by atoms with Crippen LogP contribution >= 0.6 is 0 Å². The molecule has 1 saturated heterocycles. The standard InChI is InChI=1S/C21H25N3O4/c1-23-13-10-16(11-14-23)9-12-22-21(25)19-15-17(24(26)27)7-8-20(19)28-18-5-3-2-4-6-18/h2-8,15-16H,9-14H2,1H3,(H,22,25). The maximum absolute atomic E-state index is 12.7. The van der Waals surface area contributed by atoms with Crippen LogP contribution in [-0.4, -0.2) is 42.4 Å². The van der Waals surface area contributed by atoms with Crippen LogP contribution in [0.25, 0.3) is 0 Å². The second kappa shape index (κ2) is 9.32. The molecule has 7 nitrogen and oxygen atoms in total. The molecule has 7 heteroatoms. The molecular weight excluding hydrogens is 358 g/mol. The number of ether oxygens (including phenoxy) is 1. The predicted molar refractivity (Wildman–Crippen MR) is 107 cm³/mol. The van der Waals surface area contributed by atoms with Gasteiger partial charge in [0.1, 0.15) is 11.5 Å². The number of rotatable bonds is 7. The summed E-state index contributed by atoms with van der Waals surface area (Å²) in [7, 11) is 2.12. The van der Waals surface area contributed by atoms with Gasteiger partial charge in [-0.05, 0) is 63.5 Å². The van der Waals surface area contributed by atoms with E-state index >= 15 is 0 Å². The Balaban J connectivity index is 1.67. The maximum atomic E-state index is 12.7. The lowest BCUT2D eigenvalue weighted by atomic mass is 9.94. The molecule has 0 aromatic heterocycles. The zero-order valence-corrected chi connectivity index (χ0v) is 16.0. The van der Waals surface area contributed by atoms with Gasteiger partial charge in [0, 0.05) is 18.7 Å². The van der Waals surface area contributed by atoms with E-state index in [1.165, 1.54) is 18.2 Å². The minimum absolute atomic E-state index is 0.138. The van der Waals surface area contributed by atoms with Crippen LogP contribution < -0.4 is 10.1 Å². The number of hydrogen-bond donors (Lipinski definition) is 1. The van der Waals surface area contributed by atoms with Crippen molar-refractivity contribution in [3.05, 3.63) is 64.2 Å². The number of non-ortho nitro benzene ring substituents is 1. The lowest BCUT2D eigenvalue weighted by Crippen LogP contribution is -2.32. The highest BCUT2D eigenvalue weighted by atomic mass is 16.6. The van der Waals surface area contributed by atoms with Gasteiger partial charge in [-0.2, -0.15) is 0 Å². The molecule has 1 N–H and O–H groups in total. The Morgan fingerprint density at radius 3 is 2.61 bits per heavy atom. The van der Waals surface area contributed by atoms with Gasteiger partial charge in [-0.15, -0.1) is 0 Å². The Morgan fingerprint density at radius 1 is 1.21 bits per heavy atom. The van der Waals surface area contributed by atoms with Crippen LogP contribution in [0, 0.1) is 16.0 Å². The average Bonchev–Trinajstić information content (AvgIpc) is 2.70. The third kappa shape index (κ3) is 5.29. The lowest BCUT2D eigenvalue weighted by Gasteiger charge is -2.28. The first-order valence-electron chi connectivity index (χ1n) is 9.51. The summed E-state index contributed by atoms with van der Waals surface area (Å²) in [6.07, 6.45) is 3.17. The fraction of sp³-hybridized carbons (Fsp3) is 0.381. The molecular formula is C21H25N3O4. The number of likely N-dealkylation sites (tertiary alicyclic amines) is 1. The molecule has 0 bridgehead atoms. The fourth-order valence-corrected chi connectivity index (χ4v) is 3.35. The van der Waals surface area contributed by atoms with Crippen molar-refractivity contribution in [2.45, 2.75) is 19.3 Å². The van der Waals surface area contributed by atoms with Crippen molar-refractivity contribution in [1.82, 2.24) is 10.2 Å². The molecule has 0 unspecified atom stereocenters. The van der Waals surface area contributed by atoms with Crippen molar-refractivity contribution in [2.24, 2.45) is 5.92 Å². The highest BCUT2D eigenvalue weighted by Crippen LogP contribution is 2.29. The lowest BCUT2D eigenvalue weighted by molar-refractivity contribution is -0.384. The summed E-state index contributed by atoms with van der Waals surface area (Å²) in [4.78, 5) is 25.6. The minimum atomic E-state index is -0.512. The number of nitro benzene ring substituents is 1. The molecule has 1 aliphatic rings. The van der Waals surface area contributed by atoms with Crippen molar-refractivity contribution in [3.8, 4) is 11.5 Å². The highest BCUT2D eigenvalue weighted by Gasteiger charge is 2.20. The average molecular weight is 383 g/mol. The Kier molecular flexibility index (Phi) is 6.60. The number of benzene rings is 2. The first kappa shape index (κ1) is 19.8. The third-order valence-corrected chi connectivity index (χ3v) is 5.07. The first-order valence-corrected chi connectivity index (χ1v) is 9.51. The van der Waals surface area contributed by atoms with Crippen molar-refractivity contribution in [2.75, 3.05) is 26.7 Å². The molecule has 148 valence electrons. The largest absolute Gasteiger partial charge is 0.457 e. The monoisotopic (exact) mass is 383 g/mol. The van der Waals surface area contributed by atoms with Gasteiger partial charge in [-0.3, -0.25) is 14.9 Å². The molecule has 28 heavy (non-hydrogen) atoms. The van der Waals surface area contributed by atoms with Crippen LogP contribution in [0.15, 0.2) is 48.5 Å². The number of amides is 1. The van der Waals surface area contributed by atoms with Crippen LogP contribution in [0.2, 0.25) is 0 Å². The van der Waals surface area contributed by atoms with Gasteiger partial charge in [0.05, 0.1) is 10.5 Å². The molecule has 1 aliphatic heterocycles. The van der Waals surface area contributed by atoms with E-state index < -0.39 is 4.92 Å². The van der Waals surface area contributed by atoms with Gasteiger partial charge < -0.3 is 15.0 Å². The second-order valence-corrected chi connectivity index (χ2v) is 7.14. The summed E-state index contributed by atoms with van der Waals surface area (Å²) in [6, 6.07) is 13.1. The summed E-state index contributed by atoms with van der Waals surface area (Å²) < 4.78 is 5.78. The normalized spacial score (nSPS) is 15.2. The molecule has 3 rings (SSSR count). The second-order valence-electron chi connectivity index (χ2n) is 7.14. The summed E-state index contributed by atoms with van der Waals surface area (Å²) in [6.45, 7) is 2.71. The summed E-state index contributed by atoms with van der Waals surface area (Å²) in [5.41, 5.74) is 0.0299. The molecule has 0 aliphatic carbocycles. The number of hydrogen-bond acceptors (Lipinski definition) is 5. The van der Waals surface area contributed by atoms with E-state index in [9.17, 15) is 14.9 Å². The number of piperidine rings is 1. The number of nitro groups is 1. The Morgan fingerprint density at radius 2 is 1.93 bits per heavy atom. The van der Waals surface area contributed by atoms with E-state index in [0.717, 1.165) is 32.4 Å². The van der Waals surface area contributed by atoms with Crippen LogP contribution in [0.5, 0.6) is 11.5 Å². The summed E-state index contributed by atoms with van der Waals surface area (Å²) >= 11 is 0. The zero-order valence-electron chi connectivity index (χ0n) is 16.0. The van der Waals surface area contributed by atoms with Crippen LogP contribution in [0.3, 0.4) is 0 Å². The van der Waals surface area contributed by atoms with E-state index in [2.05, 4.69) is 17.3 Å². The molecule has 1 amide bonds. The van der Waals surface area contributed by atoms with Gasteiger partial charge in [-0.1, -0.05) is 18.2 Å². The van der Waals surface area contributed by atoms with Crippen molar-refractivity contribution in [1.29, 1.82) is 0 Å². The third-order valence-electron chi connectivity index (χ3n) is 5.07. The highest BCUT2D eigenvalue weighted by molar-refractivity contribution is 5.97. The molecule has 0 saturated carbocycles. The fourth-order valence-electron chi connectivity index (χ4n) is 3.35. The number of nitrogens with one attached hydrogen (secondary N) is 1. The topological polar surface area (TPSA) is 84.7 Å². The van der Waals surface area contributed by atoms with Crippen molar-refractivity contribution >= 4 is 11.6 Å². The Bertz CT molecular complexity index is 818. The SMILES string of the molecule is CN1CCC(CCNC(=O)c2cc([N+](=O)[O-])ccc2Oc2ccccc2)CC1. The Labute approximate surface area is 164 Å². The summed E-state index contributed by atoms with van der Waals surface area (Å²) in [5.74, 6) is 1.11. The van der Waals surface area contributed by atoms with E-state index in [1.807, 2.05) is 18.2 Å². The maximum Gasteiger partial charge on any atom is 0.270 e. The van der Waals surface area contributed by atoms with Crippen LogP contribution in [-0.2, 0) is 0 Å². The van der Waals surface area contributed by atoms with E-state index in [0.29, 0.717) is 24.0 Å². The molecule has 2 aromatic rings. The number of carbonyl (C=O) groups is 1. The smallest absolute Gasteiger partial charge is 0.270 e. The number of carbonyl (C=O) groups excluding carboxylic acids is 1. The van der Waals surface area contributed by atoms with Crippen LogP contribution in [0.1, 0.15) is 29.6 Å². The van der Waals surface area contributed by atoms with Gasteiger partial charge >= 0.3 is 0 Å². The van der Waals surface area contributed by atoms with Crippen molar-refractivity contribution < 1.29 is 14.5 Å². The van der Waals surface area contributed by atoms with Gasteiger partial charge in [0.2, 0.25) is 0 Å². The molecule has 0 radical (unpaired) electrons. The molecule has 1 fully saturated rings. The molecule has 2 aromatic carbocycles. The van der Waals surface area contributed by atoms with E-state index in [1.54, 1.807) is 12.1 Å². The molecule has 0 spiro atoms. The number of nitrogens with zero attached hydrogens (tertiary/aromatic N) is 2. The predicted octanol–water partition coefficient (Wildman–Crippen LogP) is 3.85. The van der Waals surface area contributed by atoms with Crippen LogP contribution in [0.4, 0.5) is 5.69 Å². The van der Waals surface area contributed by atoms with Gasteiger partial charge in [0.15, 0.2) is 0 Å². The molecule has 1 heterocycles. The van der Waals surface area contributed by atoms with E-state index in [4.69, 9.17) is 4.74 Å². The van der Waals surface area contributed by atoms with Gasteiger partial charge in [-0.25, -0.2) is 0 Å². The van der Waals surface area contributed by atoms with Gasteiger partial charge in [0.25, 0.3) is 11.6 Å². The Hall–Kier alpha value is -2.93. The molecule has 0 atom stereocenters. The quantitative estimate of drug-likeness (QED) is 0.580. The summed E-state index contributed by atoms with van der Waals surface area (Å²) in [5, 5.41) is 14.0. The zero-order chi connectivity index (χ0) is 19.9. The van der Waals surface area contributed by atoms with Crippen molar-refractivity contribution in [3.63, 3.8) is 0 Å². The minimum Gasteiger partial charge on any atom is -0.457 e. The number of para-hydroxylation sites is 1. The first-order chi connectivity index (χ1) is 13.5.